The first-order valence-corrected chi connectivity index (χ1v) is 9.31. The summed E-state index contributed by atoms with van der Waals surface area (Å²) in [7, 11) is 1.56. The third-order valence-corrected chi connectivity index (χ3v) is 4.42. The summed E-state index contributed by atoms with van der Waals surface area (Å²) in [5, 5.41) is 9.65. The molecule has 2 N–H and O–H groups in total. The van der Waals surface area contributed by atoms with Crippen LogP contribution in [0.5, 0.6) is 5.75 Å². The maximum Gasteiger partial charge on any atom is 0.291 e. The molecule has 0 saturated carbocycles. The molecule has 0 spiro atoms. The standard InChI is InChI=1S/C22H22N4O4/c1-14(21(28)24-17-9-11-18(30-3)12-10-17)26-22(29)20(23-15(2)27)13-19(25-26)16-7-5-4-6-8-16/h4-14H,1-3H3,(H,23,27)(H,24,28). The van der Waals surface area contributed by atoms with E-state index < -0.39 is 17.5 Å². The van der Waals surface area contributed by atoms with Gasteiger partial charge in [-0.05, 0) is 37.3 Å². The number of methoxy groups -OCH3 is 1. The molecule has 154 valence electrons. The first kappa shape index (κ1) is 20.8. The summed E-state index contributed by atoms with van der Waals surface area (Å²) in [5.41, 5.74) is 1.26. The highest BCUT2D eigenvalue weighted by Crippen LogP contribution is 2.20. The van der Waals surface area contributed by atoms with Crippen LogP contribution in [0.1, 0.15) is 19.9 Å². The van der Waals surface area contributed by atoms with Crippen molar-refractivity contribution in [3.05, 3.63) is 71.0 Å². The lowest BCUT2D eigenvalue weighted by Crippen LogP contribution is -2.35. The predicted octanol–water partition coefficient (Wildman–Crippen LogP) is 3.08. The quantitative estimate of drug-likeness (QED) is 0.655. The summed E-state index contributed by atoms with van der Waals surface area (Å²) in [6.07, 6.45) is 0. The van der Waals surface area contributed by atoms with Gasteiger partial charge in [0, 0.05) is 18.2 Å². The second-order valence-corrected chi connectivity index (χ2v) is 6.63. The Morgan fingerprint density at radius 3 is 2.30 bits per heavy atom. The van der Waals surface area contributed by atoms with Crippen LogP contribution in [-0.4, -0.2) is 28.7 Å². The molecule has 0 aliphatic heterocycles. The number of hydrogen-bond acceptors (Lipinski definition) is 5. The fourth-order valence-electron chi connectivity index (χ4n) is 2.84. The van der Waals surface area contributed by atoms with Crippen LogP contribution in [0, 0.1) is 0 Å². The van der Waals surface area contributed by atoms with Gasteiger partial charge in [-0.2, -0.15) is 5.10 Å². The number of hydrogen-bond donors (Lipinski definition) is 2. The van der Waals surface area contributed by atoms with Gasteiger partial charge in [-0.15, -0.1) is 0 Å². The van der Waals surface area contributed by atoms with Gasteiger partial charge >= 0.3 is 0 Å². The molecule has 8 heteroatoms. The molecule has 0 aliphatic carbocycles. The Morgan fingerprint density at radius 2 is 1.70 bits per heavy atom. The maximum atomic E-state index is 12.9. The number of nitrogens with one attached hydrogen (secondary N) is 2. The lowest BCUT2D eigenvalue weighted by Gasteiger charge is -2.17. The van der Waals surface area contributed by atoms with Crippen LogP contribution in [0.25, 0.3) is 11.3 Å². The van der Waals surface area contributed by atoms with E-state index in [-0.39, 0.29) is 11.6 Å². The summed E-state index contributed by atoms with van der Waals surface area (Å²) in [4.78, 5) is 37.2. The summed E-state index contributed by atoms with van der Waals surface area (Å²) >= 11 is 0. The number of anilines is 2. The average molecular weight is 406 g/mol. The van der Waals surface area contributed by atoms with Gasteiger partial charge < -0.3 is 15.4 Å². The second kappa shape index (κ2) is 9.04. The fraction of sp³-hybridized carbons (Fsp3) is 0.182. The van der Waals surface area contributed by atoms with Crippen LogP contribution in [0.2, 0.25) is 0 Å². The Labute approximate surface area is 173 Å². The van der Waals surface area contributed by atoms with E-state index in [4.69, 9.17) is 4.74 Å². The van der Waals surface area contributed by atoms with E-state index >= 15 is 0 Å². The van der Waals surface area contributed by atoms with E-state index in [0.29, 0.717) is 17.1 Å². The van der Waals surface area contributed by atoms with E-state index in [1.54, 1.807) is 38.3 Å². The molecule has 0 bridgehead atoms. The summed E-state index contributed by atoms with van der Waals surface area (Å²) < 4.78 is 6.18. The second-order valence-electron chi connectivity index (χ2n) is 6.63. The van der Waals surface area contributed by atoms with Crippen molar-refractivity contribution in [2.45, 2.75) is 19.9 Å². The Kier molecular flexibility index (Phi) is 6.26. The van der Waals surface area contributed by atoms with Gasteiger partial charge in [0.15, 0.2) is 0 Å². The van der Waals surface area contributed by atoms with E-state index in [2.05, 4.69) is 15.7 Å². The van der Waals surface area contributed by atoms with Crippen molar-refractivity contribution < 1.29 is 14.3 Å². The Hall–Kier alpha value is -3.94. The summed E-state index contributed by atoms with van der Waals surface area (Å²) in [5.74, 6) is -0.151. The third kappa shape index (κ3) is 4.72. The van der Waals surface area contributed by atoms with Crippen LogP contribution in [-0.2, 0) is 9.59 Å². The van der Waals surface area contributed by atoms with Gasteiger partial charge in [0.25, 0.3) is 5.56 Å². The molecule has 0 aliphatic rings. The molecule has 1 unspecified atom stereocenters. The smallest absolute Gasteiger partial charge is 0.291 e. The van der Waals surface area contributed by atoms with Crippen molar-refractivity contribution in [1.82, 2.24) is 9.78 Å². The average Bonchev–Trinajstić information content (AvgIpc) is 2.75. The maximum absolute atomic E-state index is 12.9. The minimum atomic E-state index is -0.921. The minimum absolute atomic E-state index is 0.0560. The van der Waals surface area contributed by atoms with Crippen molar-refractivity contribution in [3.63, 3.8) is 0 Å². The molecular formula is C22H22N4O4. The number of benzene rings is 2. The molecule has 0 saturated heterocycles. The monoisotopic (exact) mass is 406 g/mol. The molecule has 8 nitrogen and oxygen atoms in total. The van der Waals surface area contributed by atoms with E-state index in [9.17, 15) is 14.4 Å². The molecule has 2 aromatic carbocycles. The molecule has 30 heavy (non-hydrogen) atoms. The first-order chi connectivity index (χ1) is 14.4. The fourth-order valence-corrected chi connectivity index (χ4v) is 2.84. The number of ether oxygens (including phenoxy) is 1. The van der Waals surface area contributed by atoms with E-state index in [1.165, 1.54) is 13.0 Å². The largest absolute Gasteiger partial charge is 0.497 e. The van der Waals surface area contributed by atoms with Gasteiger partial charge in [-0.3, -0.25) is 14.4 Å². The van der Waals surface area contributed by atoms with Crippen LogP contribution in [0.15, 0.2) is 65.5 Å². The molecule has 1 atom stereocenters. The van der Waals surface area contributed by atoms with E-state index in [1.807, 2.05) is 30.3 Å². The van der Waals surface area contributed by atoms with Crippen LogP contribution < -0.4 is 20.9 Å². The molecule has 3 rings (SSSR count). The van der Waals surface area contributed by atoms with Crippen LogP contribution in [0.3, 0.4) is 0 Å². The summed E-state index contributed by atoms with van der Waals surface area (Å²) in [6, 6.07) is 16.6. The number of rotatable bonds is 6. The molecule has 0 fully saturated rings. The van der Waals surface area contributed by atoms with E-state index in [0.717, 1.165) is 10.2 Å². The van der Waals surface area contributed by atoms with Gasteiger partial charge in [-0.1, -0.05) is 30.3 Å². The zero-order valence-electron chi connectivity index (χ0n) is 16.9. The highest BCUT2D eigenvalue weighted by Gasteiger charge is 2.21. The minimum Gasteiger partial charge on any atom is -0.497 e. The van der Waals surface area contributed by atoms with Crippen molar-refractivity contribution in [3.8, 4) is 17.0 Å². The van der Waals surface area contributed by atoms with Crippen molar-refractivity contribution in [2.24, 2.45) is 0 Å². The van der Waals surface area contributed by atoms with Gasteiger partial charge in [0.1, 0.15) is 17.5 Å². The molecule has 1 heterocycles. The normalized spacial score (nSPS) is 11.4. The molecule has 2 amide bonds. The van der Waals surface area contributed by atoms with Crippen molar-refractivity contribution >= 4 is 23.2 Å². The molecule has 1 aromatic heterocycles. The van der Waals surface area contributed by atoms with Gasteiger partial charge in [-0.25, -0.2) is 4.68 Å². The lowest BCUT2D eigenvalue weighted by atomic mass is 10.1. The van der Waals surface area contributed by atoms with Crippen LogP contribution in [0.4, 0.5) is 11.4 Å². The number of aromatic nitrogens is 2. The molecule has 0 radical (unpaired) electrons. The number of carbonyl (C=O) groups excluding carboxylic acids is 2. The first-order valence-electron chi connectivity index (χ1n) is 9.31. The zero-order chi connectivity index (χ0) is 21.7. The third-order valence-electron chi connectivity index (χ3n) is 4.42. The Balaban J connectivity index is 1.96. The highest BCUT2D eigenvalue weighted by molar-refractivity contribution is 5.93. The number of nitrogens with zero attached hydrogens (tertiary/aromatic N) is 2. The van der Waals surface area contributed by atoms with Crippen molar-refractivity contribution in [1.29, 1.82) is 0 Å². The molecular weight excluding hydrogens is 384 g/mol. The van der Waals surface area contributed by atoms with Crippen LogP contribution >= 0.6 is 0 Å². The predicted molar refractivity (Wildman–Crippen MR) is 115 cm³/mol. The SMILES string of the molecule is COc1ccc(NC(=O)C(C)n2nc(-c3ccccc3)cc(NC(C)=O)c2=O)cc1. The van der Waals surface area contributed by atoms with Gasteiger partial charge in [0.2, 0.25) is 11.8 Å². The highest BCUT2D eigenvalue weighted by atomic mass is 16.5. The molecule has 3 aromatic rings. The Bertz CT molecular complexity index is 1110. The topological polar surface area (TPSA) is 102 Å². The summed E-state index contributed by atoms with van der Waals surface area (Å²) in [6.45, 7) is 2.88. The zero-order valence-corrected chi connectivity index (χ0v) is 16.9. The van der Waals surface area contributed by atoms with Gasteiger partial charge in [0.05, 0.1) is 12.8 Å². The van der Waals surface area contributed by atoms with Crippen molar-refractivity contribution in [2.75, 3.05) is 17.7 Å². The number of amides is 2. The lowest BCUT2D eigenvalue weighted by molar-refractivity contribution is -0.119. The Morgan fingerprint density at radius 1 is 1.03 bits per heavy atom. The number of carbonyl (C=O) groups is 2.